The first-order valence-electron chi connectivity index (χ1n) is 8.09. The summed E-state index contributed by atoms with van der Waals surface area (Å²) < 4.78 is 13.1. The molecule has 4 nitrogen and oxygen atoms in total. The van der Waals surface area contributed by atoms with Gasteiger partial charge in [0.2, 0.25) is 0 Å². The molecule has 0 spiro atoms. The Balaban J connectivity index is 1.54. The van der Waals surface area contributed by atoms with Crippen LogP contribution in [0.15, 0.2) is 36.4 Å². The largest absolute Gasteiger partial charge is 0.322 e. The molecule has 1 fully saturated rings. The zero-order valence-corrected chi connectivity index (χ0v) is 16.1. The summed E-state index contributed by atoms with van der Waals surface area (Å²) >= 11 is 18.1. The quantitative estimate of drug-likeness (QED) is 0.752. The number of amides is 2. The van der Waals surface area contributed by atoms with Crippen LogP contribution >= 0.6 is 34.8 Å². The maximum Gasteiger partial charge on any atom is 0.321 e. The van der Waals surface area contributed by atoms with Crippen molar-refractivity contribution >= 4 is 46.5 Å². The van der Waals surface area contributed by atoms with E-state index in [2.05, 4.69) is 10.2 Å². The van der Waals surface area contributed by atoms with E-state index in [4.69, 9.17) is 34.8 Å². The van der Waals surface area contributed by atoms with Gasteiger partial charge in [0.1, 0.15) is 5.82 Å². The Morgan fingerprint density at radius 3 is 2.42 bits per heavy atom. The van der Waals surface area contributed by atoms with Crippen LogP contribution in [0.2, 0.25) is 15.1 Å². The predicted octanol–water partition coefficient (Wildman–Crippen LogP) is 5.14. The average Bonchev–Trinajstić information content (AvgIpc) is 2.61. The van der Waals surface area contributed by atoms with Crippen molar-refractivity contribution in [3.8, 4) is 0 Å². The summed E-state index contributed by atoms with van der Waals surface area (Å²) in [4.78, 5) is 16.3. The summed E-state index contributed by atoms with van der Waals surface area (Å²) in [6, 6.07) is 9.12. The second-order valence-corrected chi connectivity index (χ2v) is 7.30. The Labute approximate surface area is 166 Å². The third kappa shape index (κ3) is 4.80. The van der Waals surface area contributed by atoms with Crippen LogP contribution < -0.4 is 5.32 Å². The molecule has 1 N–H and O–H groups in total. The lowest BCUT2D eigenvalue weighted by Gasteiger charge is -2.34. The maximum absolute atomic E-state index is 13.1. The van der Waals surface area contributed by atoms with Gasteiger partial charge in [-0.3, -0.25) is 4.90 Å². The molecule has 2 amide bonds. The van der Waals surface area contributed by atoms with Crippen LogP contribution in [0, 0.1) is 5.82 Å². The first-order chi connectivity index (χ1) is 12.4. The van der Waals surface area contributed by atoms with Crippen LogP contribution in [0.1, 0.15) is 5.56 Å². The van der Waals surface area contributed by atoms with Gasteiger partial charge in [-0.1, -0.05) is 40.9 Å². The summed E-state index contributed by atoms with van der Waals surface area (Å²) in [6.45, 7) is 3.16. The third-order valence-electron chi connectivity index (χ3n) is 4.24. The first-order valence-corrected chi connectivity index (χ1v) is 9.23. The Morgan fingerprint density at radius 1 is 1.00 bits per heavy atom. The zero-order chi connectivity index (χ0) is 18.7. The van der Waals surface area contributed by atoms with Crippen LogP contribution in [0.5, 0.6) is 0 Å². The molecular formula is C18H17Cl3FN3O. The molecule has 1 heterocycles. The van der Waals surface area contributed by atoms with Gasteiger partial charge >= 0.3 is 6.03 Å². The predicted molar refractivity (Wildman–Crippen MR) is 104 cm³/mol. The molecule has 1 aliphatic rings. The van der Waals surface area contributed by atoms with Crippen LogP contribution in [0.25, 0.3) is 0 Å². The van der Waals surface area contributed by atoms with E-state index >= 15 is 0 Å². The second-order valence-electron chi connectivity index (χ2n) is 6.05. The van der Waals surface area contributed by atoms with Crippen LogP contribution in [0.4, 0.5) is 14.9 Å². The average molecular weight is 417 g/mol. The van der Waals surface area contributed by atoms with Crippen molar-refractivity contribution in [1.82, 2.24) is 9.80 Å². The Kier molecular flexibility index (Phi) is 6.24. The molecule has 138 valence electrons. The number of rotatable bonds is 3. The van der Waals surface area contributed by atoms with Gasteiger partial charge in [-0.25, -0.2) is 9.18 Å². The van der Waals surface area contributed by atoms with Crippen molar-refractivity contribution in [3.63, 3.8) is 0 Å². The zero-order valence-electron chi connectivity index (χ0n) is 13.8. The normalized spacial score (nSPS) is 15.2. The minimum Gasteiger partial charge on any atom is -0.322 e. The van der Waals surface area contributed by atoms with E-state index in [0.717, 1.165) is 5.56 Å². The smallest absolute Gasteiger partial charge is 0.321 e. The number of hydrogen-bond donors (Lipinski definition) is 1. The second kappa shape index (κ2) is 8.44. The maximum atomic E-state index is 13.1. The molecule has 1 saturated heterocycles. The molecule has 0 bridgehead atoms. The SMILES string of the molecule is O=C(Nc1cc(Cl)ccc1Cl)N1CCN(Cc2ccc(F)cc2Cl)CC1. The number of carbonyl (C=O) groups excluding carboxylic acids is 1. The lowest BCUT2D eigenvalue weighted by molar-refractivity contribution is 0.143. The van der Waals surface area contributed by atoms with Crippen molar-refractivity contribution < 1.29 is 9.18 Å². The summed E-state index contributed by atoms with van der Waals surface area (Å²) in [7, 11) is 0. The number of anilines is 1. The number of nitrogens with one attached hydrogen (secondary N) is 1. The summed E-state index contributed by atoms with van der Waals surface area (Å²) in [5.74, 6) is -0.347. The molecule has 2 aromatic carbocycles. The van der Waals surface area contributed by atoms with Gasteiger partial charge in [0, 0.05) is 42.8 Å². The fraction of sp³-hybridized carbons (Fsp3) is 0.278. The summed E-state index contributed by atoms with van der Waals surface area (Å²) in [5.41, 5.74) is 1.36. The highest BCUT2D eigenvalue weighted by Gasteiger charge is 2.22. The Morgan fingerprint density at radius 2 is 1.73 bits per heavy atom. The minimum absolute atomic E-state index is 0.214. The molecule has 0 saturated carbocycles. The van der Waals surface area contributed by atoms with Gasteiger partial charge in [0.15, 0.2) is 0 Å². The molecule has 8 heteroatoms. The topological polar surface area (TPSA) is 35.6 Å². The minimum atomic E-state index is -0.347. The lowest BCUT2D eigenvalue weighted by Crippen LogP contribution is -2.49. The van der Waals surface area contributed by atoms with E-state index in [9.17, 15) is 9.18 Å². The van der Waals surface area contributed by atoms with Gasteiger partial charge < -0.3 is 10.2 Å². The van der Waals surface area contributed by atoms with Crippen LogP contribution in [-0.4, -0.2) is 42.0 Å². The Hall–Kier alpha value is -1.53. The molecule has 0 atom stereocenters. The molecule has 0 aromatic heterocycles. The van der Waals surface area contributed by atoms with E-state index in [1.807, 2.05) is 0 Å². The molecule has 0 aliphatic carbocycles. The number of piperazine rings is 1. The van der Waals surface area contributed by atoms with Crippen molar-refractivity contribution in [2.75, 3.05) is 31.5 Å². The highest BCUT2D eigenvalue weighted by atomic mass is 35.5. The third-order valence-corrected chi connectivity index (χ3v) is 5.16. The standard InChI is InChI=1S/C18H17Cl3FN3O/c19-13-2-4-15(20)17(9-13)23-18(26)25-7-5-24(6-8-25)11-12-1-3-14(22)10-16(12)21/h1-4,9-10H,5-8,11H2,(H,23,26). The number of nitrogens with zero attached hydrogens (tertiary/aromatic N) is 2. The van der Waals surface area contributed by atoms with E-state index in [1.54, 1.807) is 29.2 Å². The van der Waals surface area contributed by atoms with Gasteiger partial charge in [-0.15, -0.1) is 0 Å². The Bertz CT molecular complexity index is 810. The van der Waals surface area contributed by atoms with Crippen molar-refractivity contribution in [3.05, 3.63) is 62.8 Å². The molecule has 0 unspecified atom stereocenters. The number of halogens is 4. The van der Waals surface area contributed by atoms with Gasteiger partial charge in [-0.05, 0) is 35.9 Å². The van der Waals surface area contributed by atoms with Crippen LogP contribution in [-0.2, 0) is 6.54 Å². The molecular weight excluding hydrogens is 400 g/mol. The highest BCUT2D eigenvalue weighted by molar-refractivity contribution is 6.35. The number of hydrogen-bond acceptors (Lipinski definition) is 2. The molecule has 1 aliphatic heterocycles. The van der Waals surface area contributed by atoms with E-state index in [1.165, 1.54) is 12.1 Å². The molecule has 26 heavy (non-hydrogen) atoms. The van der Waals surface area contributed by atoms with E-state index < -0.39 is 0 Å². The monoisotopic (exact) mass is 415 g/mol. The molecule has 0 radical (unpaired) electrons. The summed E-state index contributed by atoms with van der Waals surface area (Å²) in [6.07, 6.45) is 0. The molecule has 3 rings (SSSR count). The van der Waals surface area contributed by atoms with Crippen molar-refractivity contribution in [1.29, 1.82) is 0 Å². The van der Waals surface area contributed by atoms with Gasteiger partial charge in [0.25, 0.3) is 0 Å². The van der Waals surface area contributed by atoms with Crippen molar-refractivity contribution in [2.24, 2.45) is 0 Å². The lowest BCUT2D eigenvalue weighted by atomic mass is 10.2. The first kappa shape index (κ1) is 19.2. The van der Waals surface area contributed by atoms with Gasteiger partial charge in [-0.2, -0.15) is 0 Å². The number of benzene rings is 2. The fourth-order valence-electron chi connectivity index (χ4n) is 2.79. The number of carbonyl (C=O) groups is 1. The molecule has 2 aromatic rings. The van der Waals surface area contributed by atoms with E-state index in [-0.39, 0.29) is 11.8 Å². The van der Waals surface area contributed by atoms with Crippen LogP contribution in [0.3, 0.4) is 0 Å². The summed E-state index contributed by atoms with van der Waals surface area (Å²) in [5, 5.41) is 4.15. The fourth-order valence-corrected chi connectivity index (χ4v) is 3.35. The van der Waals surface area contributed by atoms with Gasteiger partial charge in [0.05, 0.1) is 10.7 Å². The van der Waals surface area contributed by atoms with Crippen molar-refractivity contribution in [2.45, 2.75) is 6.54 Å². The highest BCUT2D eigenvalue weighted by Crippen LogP contribution is 2.26. The number of urea groups is 1. The van der Waals surface area contributed by atoms with E-state index in [0.29, 0.717) is 53.5 Å².